The lowest BCUT2D eigenvalue weighted by atomic mass is 9.99. The van der Waals surface area contributed by atoms with E-state index in [1.807, 2.05) is 49.4 Å². The van der Waals surface area contributed by atoms with E-state index in [0.29, 0.717) is 11.1 Å². The summed E-state index contributed by atoms with van der Waals surface area (Å²) in [6.07, 6.45) is 0. The van der Waals surface area contributed by atoms with Crippen LogP contribution in [0.15, 0.2) is 66.7 Å². The molecule has 28 heavy (non-hydrogen) atoms. The molecule has 0 spiro atoms. The first-order chi connectivity index (χ1) is 13.5. The molecule has 0 bridgehead atoms. The van der Waals surface area contributed by atoms with Crippen LogP contribution < -0.4 is 10.6 Å². The molecule has 2 N–H and O–H groups in total. The number of amides is 2. The van der Waals surface area contributed by atoms with E-state index in [-0.39, 0.29) is 18.5 Å². The van der Waals surface area contributed by atoms with Gasteiger partial charge in [0, 0.05) is 19.0 Å². The van der Waals surface area contributed by atoms with Crippen molar-refractivity contribution in [3.63, 3.8) is 0 Å². The zero-order valence-corrected chi connectivity index (χ0v) is 15.9. The fourth-order valence-corrected chi connectivity index (χ4v) is 3.18. The Balaban J connectivity index is 1.79. The lowest BCUT2D eigenvalue weighted by Crippen LogP contribution is -2.31. The molecule has 142 valence electrons. The van der Waals surface area contributed by atoms with E-state index in [9.17, 15) is 14.4 Å². The SMILES string of the molecule is CC(=O)C(=O)NCc1ccccc1C(=O)NC(C)c1cccc2ccccc12. The Morgan fingerprint density at radius 2 is 1.57 bits per heavy atom. The summed E-state index contributed by atoms with van der Waals surface area (Å²) in [6, 6.07) is 20.9. The third-order valence-corrected chi connectivity index (χ3v) is 4.66. The second-order valence-corrected chi connectivity index (χ2v) is 6.66. The van der Waals surface area contributed by atoms with Crippen LogP contribution >= 0.6 is 0 Å². The number of fused-ring (bicyclic) bond motifs is 1. The minimum Gasteiger partial charge on any atom is -0.345 e. The van der Waals surface area contributed by atoms with Crippen LogP contribution in [0.3, 0.4) is 0 Å². The summed E-state index contributed by atoms with van der Waals surface area (Å²) in [7, 11) is 0. The third-order valence-electron chi connectivity index (χ3n) is 4.66. The molecule has 5 heteroatoms. The lowest BCUT2D eigenvalue weighted by Gasteiger charge is -2.18. The highest BCUT2D eigenvalue weighted by molar-refractivity contribution is 6.35. The van der Waals surface area contributed by atoms with Crippen molar-refractivity contribution in [2.24, 2.45) is 0 Å². The van der Waals surface area contributed by atoms with Crippen molar-refractivity contribution >= 4 is 28.4 Å². The van der Waals surface area contributed by atoms with Gasteiger partial charge in [0.05, 0.1) is 6.04 Å². The molecule has 1 unspecified atom stereocenters. The number of benzene rings is 3. The van der Waals surface area contributed by atoms with E-state index >= 15 is 0 Å². The predicted molar refractivity (Wildman–Crippen MR) is 109 cm³/mol. The Labute approximate surface area is 163 Å². The van der Waals surface area contributed by atoms with E-state index in [4.69, 9.17) is 0 Å². The second kappa shape index (κ2) is 8.48. The van der Waals surface area contributed by atoms with Gasteiger partial charge in [-0.3, -0.25) is 14.4 Å². The number of Topliss-reactive ketones (excluding diaryl/α,β-unsaturated/α-hetero) is 1. The van der Waals surface area contributed by atoms with Crippen LogP contribution in [-0.4, -0.2) is 17.6 Å². The number of rotatable bonds is 6. The summed E-state index contributed by atoms with van der Waals surface area (Å²) in [5.74, 6) is -1.46. The van der Waals surface area contributed by atoms with E-state index in [1.165, 1.54) is 6.92 Å². The molecule has 3 rings (SSSR count). The van der Waals surface area contributed by atoms with Crippen LogP contribution in [0.1, 0.15) is 41.4 Å². The Morgan fingerprint density at radius 3 is 2.36 bits per heavy atom. The van der Waals surface area contributed by atoms with Gasteiger partial charge in [-0.15, -0.1) is 0 Å². The normalized spacial score (nSPS) is 11.6. The van der Waals surface area contributed by atoms with Gasteiger partial charge in [-0.05, 0) is 34.9 Å². The zero-order chi connectivity index (χ0) is 20.1. The highest BCUT2D eigenvalue weighted by atomic mass is 16.2. The van der Waals surface area contributed by atoms with Gasteiger partial charge in [-0.1, -0.05) is 60.7 Å². The summed E-state index contributed by atoms with van der Waals surface area (Å²) in [6.45, 7) is 3.27. The van der Waals surface area contributed by atoms with Crippen LogP contribution in [0.4, 0.5) is 0 Å². The van der Waals surface area contributed by atoms with Crippen molar-refractivity contribution in [2.75, 3.05) is 0 Å². The van der Waals surface area contributed by atoms with E-state index in [0.717, 1.165) is 16.3 Å². The van der Waals surface area contributed by atoms with Gasteiger partial charge in [-0.25, -0.2) is 0 Å². The summed E-state index contributed by atoms with van der Waals surface area (Å²) >= 11 is 0. The number of carbonyl (C=O) groups is 3. The molecule has 1 atom stereocenters. The van der Waals surface area contributed by atoms with Gasteiger partial charge in [0.15, 0.2) is 0 Å². The van der Waals surface area contributed by atoms with Crippen molar-refractivity contribution in [3.8, 4) is 0 Å². The van der Waals surface area contributed by atoms with Gasteiger partial charge in [0.2, 0.25) is 5.78 Å². The zero-order valence-electron chi connectivity index (χ0n) is 15.9. The van der Waals surface area contributed by atoms with Crippen LogP contribution in [-0.2, 0) is 16.1 Å². The summed E-state index contributed by atoms with van der Waals surface area (Å²) < 4.78 is 0. The van der Waals surface area contributed by atoms with Crippen molar-refractivity contribution in [3.05, 3.63) is 83.4 Å². The fourth-order valence-electron chi connectivity index (χ4n) is 3.18. The summed E-state index contributed by atoms with van der Waals surface area (Å²) in [4.78, 5) is 35.5. The molecular weight excluding hydrogens is 352 g/mol. The number of carbonyl (C=O) groups excluding carboxylic acids is 3. The van der Waals surface area contributed by atoms with Gasteiger partial charge in [0.1, 0.15) is 0 Å². The third kappa shape index (κ3) is 4.26. The minimum absolute atomic E-state index is 0.116. The van der Waals surface area contributed by atoms with E-state index in [2.05, 4.69) is 10.6 Å². The predicted octanol–water partition coefficient (Wildman–Crippen LogP) is 3.54. The average Bonchev–Trinajstić information content (AvgIpc) is 2.71. The molecule has 0 saturated heterocycles. The lowest BCUT2D eigenvalue weighted by molar-refractivity contribution is -0.136. The average molecular weight is 374 g/mol. The number of hydrogen-bond donors (Lipinski definition) is 2. The monoisotopic (exact) mass is 374 g/mol. The molecule has 5 nitrogen and oxygen atoms in total. The molecular formula is C23H22N2O3. The first-order valence-electron chi connectivity index (χ1n) is 9.12. The standard InChI is InChI=1S/C23H22N2O3/c1-15(19-13-7-10-17-8-3-5-11-20(17)19)25-23(28)21-12-6-4-9-18(21)14-24-22(27)16(2)26/h3-13,15H,14H2,1-2H3,(H,24,27)(H,25,28). The molecule has 0 radical (unpaired) electrons. The maximum atomic E-state index is 12.9. The molecule has 0 saturated carbocycles. The highest BCUT2D eigenvalue weighted by Crippen LogP contribution is 2.24. The molecule has 0 heterocycles. The highest BCUT2D eigenvalue weighted by Gasteiger charge is 2.17. The molecule has 2 amide bonds. The van der Waals surface area contributed by atoms with Gasteiger partial charge in [-0.2, -0.15) is 0 Å². The molecule has 3 aromatic rings. The molecule has 0 aliphatic carbocycles. The van der Waals surface area contributed by atoms with Crippen LogP contribution in [0, 0.1) is 0 Å². The van der Waals surface area contributed by atoms with E-state index < -0.39 is 11.7 Å². The quantitative estimate of drug-likeness (QED) is 0.648. The second-order valence-electron chi connectivity index (χ2n) is 6.66. The van der Waals surface area contributed by atoms with Gasteiger partial charge >= 0.3 is 0 Å². The molecule has 0 fully saturated rings. The van der Waals surface area contributed by atoms with Crippen LogP contribution in [0.2, 0.25) is 0 Å². The fraction of sp³-hybridized carbons (Fsp3) is 0.174. The number of nitrogens with one attached hydrogen (secondary N) is 2. The van der Waals surface area contributed by atoms with E-state index in [1.54, 1.807) is 24.3 Å². The van der Waals surface area contributed by atoms with Crippen LogP contribution in [0.25, 0.3) is 10.8 Å². The minimum atomic E-state index is -0.667. The largest absolute Gasteiger partial charge is 0.345 e. The smallest absolute Gasteiger partial charge is 0.287 e. The Hall–Kier alpha value is -3.47. The maximum Gasteiger partial charge on any atom is 0.287 e. The Kier molecular flexibility index (Phi) is 5.84. The van der Waals surface area contributed by atoms with Crippen molar-refractivity contribution < 1.29 is 14.4 Å². The molecule has 3 aromatic carbocycles. The van der Waals surface area contributed by atoms with Crippen LogP contribution in [0.5, 0.6) is 0 Å². The van der Waals surface area contributed by atoms with Crippen molar-refractivity contribution in [2.45, 2.75) is 26.4 Å². The van der Waals surface area contributed by atoms with Gasteiger partial charge in [0.25, 0.3) is 11.8 Å². The van der Waals surface area contributed by atoms with Crippen molar-refractivity contribution in [1.82, 2.24) is 10.6 Å². The van der Waals surface area contributed by atoms with Crippen molar-refractivity contribution in [1.29, 1.82) is 0 Å². The molecule has 0 aliphatic heterocycles. The topological polar surface area (TPSA) is 75.3 Å². The number of hydrogen-bond acceptors (Lipinski definition) is 3. The number of ketones is 1. The first-order valence-corrected chi connectivity index (χ1v) is 9.12. The maximum absolute atomic E-state index is 12.9. The molecule has 0 aromatic heterocycles. The van der Waals surface area contributed by atoms with Gasteiger partial charge < -0.3 is 10.6 Å². The summed E-state index contributed by atoms with van der Waals surface area (Å²) in [5.41, 5.74) is 2.16. The Bertz CT molecular complexity index is 1040. The Morgan fingerprint density at radius 1 is 0.893 bits per heavy atom. The summed E-state index contributed by atoms with van der Waals surface area (Å²) in [5, 5.41) is 7.79. The first kappa shape index (κ1) is 19.3. The molecule has 0 aliphatic rings.